The van der Waals surface area contributed by atoms with Crippen LogP contribution in [0.5, 0.6) is 0 Å². The van der Waals surface area contributed by atoms with E-state index in [0.29, 0.717) is 29.8 Å². The van der Waals surface area contributed by atoms with Crippen LogP contribution < -0.4 is 0 Å². The number of rotatable bonds is 5. The number of aryl methyl sites for hydroxylation is 1. The molecule has 6 nitrogen and oxygen atoms in total. The van der Waals surface area contributed by atoms with Crippen molar-refractivity contribution >= 4 is 10.0 Å². The van der Waals surface area contributed by atoms with Gasteiger partial charge in [-0.25, -0.2) is 8.42 Å². The molecule has 1 saturated heterocycles. The lowest BCUT2D eigenvalue weighted by Crippen LogP contribution is -2.52. The van der Waals surface area contributed by atoms with Gasteiger partial charge in [0, 0.05) is 43.9 Å². The van der Waals surface area contributed by atoms with Gasteiger partial charge in [-0.15, -0.1) is 0 Å². The largest absolute Gasteiger partial charge is 0.356 e. The van der Waals surface area contributed by atoms with Crippen molar-refractivity contribution in [3.63, 3.8) is 0 Å². The van der Waals surface area contributed by atoms with E-state index in [4.69, 9.17) is 4.52 Å². The Kier molecular flexibility index (Phi) is 6.32. The Hall–Kier alpha value is -1.70. The van der Waals surface area contributed by atoms with Crippen LogP contribution in [-0.4, -0.2) is 55.0 Å². The number of aromatic nitrogens is 1. The molecule has 1 aliphatic heterocycles. The predicted octanol–water partition coefficient (Wildman–Crippen LogP) is 4.41. The molecule has 1 saturated carbocycles. The van der Waals surface area contributed by atoms with E-state index in [1.807, 2.05) is 39.0 Å². The van der Waals surface area contributed by atoms with Crippen molar-refractivity contribution in [2.45, 2.75) is 69.7 Å². The first-order chi connectivity index (χ1) is 14.4. The Morgan fingerprint density at radius 3 is 2.33 bits per heavy atom. The van der Waals surface area contributed by atoms with Gasteiger partial charge in [0.15, 0.2) is 5.76 Å². The zero-order chi connectivity index (χ0) is 21.3. The van der Waals surface area contributed by atoms with Gasteiger partial charge in [-0.3, -0.25) is 4.90 Å². The van der Waals surface area contributed by atoms with E-state index in [1.165, 1.54) is 32.1 Å². The van der Waals surface area contributed by atoms with Crippen molar-refractivity contribution < 1.29 is 12.9 Å². The van der Waals surface area contributed by atoms with Crippen molar-refractivity contribution in [3.05, 3.63) is 35.5 Å². The minimum Gasteiger partial charge on any atom is -0.356 e. The maximum atomic E-state index is 13.6. The van der Waals surface area contributed by atoms with E-state index in [9.17, 15) is 8.42 Å². The van der Waals surface area contributed by atoms with Crippen LogP contribution in [0.15, 0.2) is 33.7 Å². The molecular weight excluding hydrogens is 398 g/mol. The van der Waals surface area contributed by atoms with Crippen molar-refractivity contribution in [2.24, 2.45) is 0 Å². The van der Waals surface area contributed by atoms with E-state index in [0.717, 1.165) is 29.9 Å². The molecule has 0 atom stereocenters. The third kappa shape index (κ3) is 4.34. The molecule has 2 fully saturated rings. The molecule has 164 valence electrons. The Bertz CT molecular complexity index is 969. The SMILES string of the molecule is Cc1cc(-c2ccc(C(C)C)c(S(=O)(=O)N3CCN(C4CCCCC4)CC3)c2)on1. The second-order valence-electron chi connectivity index (χ2n) is 8.97. The highest BCUT2D eigenvalue weighted by Crippen LogP contribution is 2.32. The van der Waals surface area contributed by atoms with Crippen molar-refractivity contribution in [3.8, 4) is 11.3 Å². The minimum atomic E-state index is -3.57. The molecule has 0 radical (unpaired) electrons. The third-order valence-corrected chi connectivity index (χ3v) is 8.48. The third-order valence-electron chi connectivity index (χ3n) is 6.53. The van der Waals surface area contributed by atoms with Gasteiger partial charge < -0.3 is 4.52 Å². The fraction of sp³-hybridized carbons (Fsp3) is 0.609. The van der Waals surface area contributed by atoms with E-state index in [1.54, 1.807) is 10.4 Å². The van der Waals surface area contributed by atoms with Gasteiger partial charge in [0.2, 0.25) is 10.0 Å². The quantitative estimate of drug-likeness (QED) is 0.701. The highest BCUT2D eigenvalue weighted by atomic mass is 32.2. The molecule has 1 aromatic heterocycles. The first-order valence-corrected chi connectivity index (χ1v) is 12.6. The van der Waals surface area contributed by atoms with Gasteiger partial charge in [-0.05, 0) is 37.3 Å². The summed E-state index contributed by atoms with van der Waals surface area (Å²) in [6, 6.07) is 8.08. The predicted molar refractivity (Wildman–Crippen MR) is 118 cm³/mol. The zero-order valence-electron chi connectivity index (χ0n) is 18.3. The standard InChI is InChI=1S/C23H33N3O3S/c1-17(2)21-10-9-19(22-15-18(3)24-29-22)16-23(21)30(27,28)26-13-11-25(12-14-26)20-7-5-4-6-8-20/h9-10,15-17,20H,4-8,11-14H2,1-3H3. The lowest BCUT2D eigenvalue weighted by molar-refractivity contribution is 0.111. The van der Waals surface area contributed by atoms with Gasteiger partial charge >= 0.3 is 0 Å². The number of sulfonamides is 1. The van der Waals surface area contributed by atoms with E-state index >= 15 is 0 Å². The van der Waals surface area contributed by atoms with Gasteiger partial charge in [0.1, 0.15) is 0 Å². The Morgan fingerprint density at radius 2 is 1.73 bits per heavy atom. The monoisotopic (exact) mass is 431 g/mol. The maximum Gasteiger partial charge on any atom is 0.243 e. The molecule has 0 bridgehead atoms. The fourth-order valence-corrected chi connectivity index (χ4v) is 6.58. The van der Waals surface area contributed by atoms with Crippen molar-refractivity contribution in [1.29, 1.82) is 0 Å². The number of hydrogen-bond donors (Lipinski definition) is 0. The van der Waals surface area contributed by atoms with Crippen LogP contribution in [0, 0.1) is 6.92 Å². The van der Waals surface area contributed by atoms with Crippen LogP contribution in [0.25, 0.3) is 11.3 Å². The summed E-state index contributed by atoms with van der Waals surface area (Å²) in [5.41, 5.74) is 2.38. The van der Waals surface area contributed by atoms with Gasteiger partial charge in [-0.1, -0.05) is 50.4 Å². The van der Waals surface area contributed by atoms with Crippen LogP contribution >= 0.6 is 0 Å². The fourth-order valence-electron chi connectivity index (χ4n) is 4.78. The van der Waals surface area contributed by atoms with Crippen LogP contribution in [0.2, 0.25) is 0 Å². The molecular formula is C23H33N3O3S. The number of benzene rings is 1. The molecule has 30 heavy (non-hydrogen) atoms. The average Bonchev–Trinajstić information content (AvgIpc) is 3.20. The Morgan fingerprint density at radius 1 is 1.03 bits per heavy atom. The summed E-state index contributed by atoms with van der Waals surface area (Å²) < 4.78 is 34.3. The van der Waals surface area contributed by atoms with Crippen LogP contribution in [0.1, 0.15) is 63.1 Å². The normalized spacial score (nSPS) is 20.1. The lowest BCUT2D eigenvalue weighted by atomic mass is 9.94. The number of hydrogen-bond acceptors (Lipinski definition) is 5. The second kappa shape index (κ2) is 8.81. The van der Waals surface area contributed by atoms with E-state index in [-0.39, 0.29) is 5.92 Å². The smallest absolute Gasteiger partial charge is 0.243 e. The minimum absolute atomic E-state index is 0.115. The van der Waals surface area contributed by atoms with Crippen LogP contribution in [-0.2, 0) is 10.0 Å². The van der Waals surface area contributed by atoms with Crippen LogP contribution in [0.4, 0.5) is 0 Å². The highest BCUT2D eigenvalue weighted by Gasteiger charge is 2.33. The molecule has 7 heteroatoms. The number of nitrogens with zero attached hydrogens (tertiary/aromatic N) is 3. The molecule has 2 heterocycles. The molecule has 0 unspecified atom stereocenters. The Labute approximate surface area is 180 Å². The molecule has 1 aliphatic carbocycles. The van der Waals surface area contributed by atoms with Gasteiger partial charge in [-0.2, -0.15) is 4.31 Å². The lowest BCUT2D eigenvalue weighted by Gasteiger charge is -2.40. The Balaban J connectivity index is 1.58. The summed E-state index contributed by atoms with van der Waals surface area (Å²) in [5.74, 6) is 0.713. The molecule has 0 amide bonds. The van der Waals surface area contributed by atoms with Crippen LogP contribution in [0.3, 0.4) is 0 Å². The van der Waals surface area contributed by atoms with E-state index < -0.39 is 10.0 Å². The zero-order valence-corrected chi connectivity index (χ0v) is 19.1. The molecule has 0 spiro atoms. The molecule has 1 aromatic carbocycles. The summed E-state index contributed by atoms with van der Waals surface area (Å²) in [5, 5.41) is 3.94. The maximum absolute atomic E-state index is 13.6. The second-order valence-corrected chi connectivity index (χ2v) is 10.9. The molecule has 2 aromatic rings. The summed E-state index contributed by atoms with van der Waals surface area (Å²) >= 11 is 0. The summed E-state index contributed by atoms with van der Waals surface area (Å²) in [6.07, 6.45) is 6.44. The number of piperazine rings is 1. The first-order valence-electron chi connectivity index (χ1n) is 11.2. The summed E-state index contributed by atoms with van der Waals surface area (Å²) in [7, 11) is -3.57. The topological polar surface area (TPSA) is 66.7 Å². The highest BCUT2D eigenvalue weighted by molar-refractivity contribution is 7.89. The average molecular weight is 432 g/mol. The molecule has 2 aliphatic rings. The van der Waals surface area contributed by atoms with Gasteiger partial charge in [0.05, 0.1) is 10.6 Å². The van der Waals surface area contributed by atoms with Gasteiger partial charge in [0.25, 0.3) is 0 Å². The first kappa shape index (κ1) is 21.5. The van der Waals surface area contributed by atoms with E-state index in [2.05, 4.69) is 10.1 Å². The molecule has 0 N–H and O–H groups in total. The molecule has 4 rings (SSSR count). The van der Waals surface area contributed by atoms with Crippen molar-refractivity contribution in [2.75, 3.05) is 26.2 Å². The van der Waals surface area contributed by atoms with Crippen molar-refractivity contribution in [1.82, 2.24) is 14.4 Å². The summed E-state index contributed by atoms with van der Waals surface area (Å²) in [6.45, 7) is 8.69. The summed E-state index contributed by atoms with van der Waals surface area (Å²) in [4.78, 5) is 2.90.